The predicted molar refractivity (Wildman–Crippen MR) is 97.9 cm³/mol. The molecule has 2 fully saturated rings. The van der Waals surface area contributed by atoms with Crippen LogP contribution in [0, 0.1) is 11.8 Å². The van der Waals surface area contributed by atoms with E-state index in [0.29, 0.717) is 23.7 Å². The zero-order valence-electron chi connectivity index (χ0n) is 14.6. The van der Waals surface area contributed by atoms with E-state index in [9.17, 15) is 4.79 Å². The number of aromatic nitrogens is 3. The summed E-state index contributed by atoms with van der Waals surface area (Å²) in [6, 6.07) is 8.44. The number of carbonyl (C=O) groups excluding carboxylic acids is 1. The lowest BCUT2D eigenvalue weighted by atomic mass is 9.89. The van der Waals surface area contributed by atoms with Crippen LogP contribution >= 0.6 is 11.6 Å². The fourth-order valence-electron chi connectivity index (χ4n) is 4.24. The van der Waals surface area contributed by atoms with E-state index in [-0.39, 0.29) is 5.91 Å². The van der Waals surface area contributed by atoms with Crippen molar-refractivity contribution in [1.29, 1.82) is 0 Å². The van der Waals surface area contributed by atoms with Gasteiger partial charge in [-0.15, -0.1) is 10.2 Å². The molecule has 2 aromatic rings. The van der Waals surface area contributed by atoms with E-state index in [1.165, 1.54) is 5.56 Å². The predicted octanol–water partition coefficient (Wildman–Crippen LogP) is 2.13. The molecule has 1 aromatic heterocycles. The molecule has 1 N–H and O–H groups in total. The van der Waals surface area contributed by atoms with Crippen molar-refractivity contribution in [3.8, 4) is 0 Å². The molecule has 7 heteroatoms. The molecular formula is C19H22ClN5O. The second-order valence-electron chi connectivity index (χ2n) is 7.84. The highest BCUT2D eigenvalue weighted by Gasteiger charge is 2.39. The van der Waals surface area contributed by atoms with Crippen molar-refractivity contribution in [3.05, 3.63) is 46.5 Å². The molecule has 26 heavy (non-hydrogen) atoms. The molecule has 0 bridgehead atoms. The second kappa shape index (κ2) is 6.35. The first-order chi connectivity index (χ1) is 12.7. The largest absolute Gasteiger partial charge is 0.347 e. The number of likely N-dealkylation sites (tertiary alicyclic amines) is 1. The van der Waals surface area contributed by atoms with Crippen molar-refractivity contribution in [1.82, 2.24) is 25.0 Å². The Morgan fingerprint density at radius 2 is 1.88 bits per heavy atom. The van der Waals surface area contributed by atoms with Crippen molar-refractivity contribution in [3.63, 3.8) is 0 Å². The summed E-state index contributed by atoms with van der Waals surface area (Å²) in [5, 5.41) is 12.3. The van der Waals surface area contributed by atoms with E-state index in [1.807, 2.05) is 16.7 Å². The van der Waals surface area contributed by atoms with Gasteiger partial charge >= 0.3 is 0 Å². The Morgan fingerprint density at radius 3 is 2.65 bits per heavy atom. The Balaban J connectivity index is 1.27. The van der Waals surface area contributed by atoms with Gasteiger partial charge in [-0.3, -0.25) is 9.69 Å². The summed E-state index contributed by atoms with van der Waals surface area (Å²) in [5.41, 5.74) is 1.29. The Bertz CT molecular complexity index is 829. The van der Waals surface area contributed by atoms with Gasteiger partial charge in [0.1, 0.15) is 5.82 Å². The van der Waals surface area contributed by atoms with E-state index in [2.05, 4.69) is 32.5 Å². The number of rotatable bonds is 4. The number of benzene rings is 1. The number of halogens is 1. The summed E-state index contributed by atoms with van der Waals surface area (Å²) < 4.78 is 2.05. The zero-order valence-corrected chi connectivity index (χ0v) is 15.3. The third-order valence-corrected chi connectivity index (χ3v) is 6.03. The van der Waals surface area contributed by atoms with Crippen LogP contribution in [0.15, 0.2) is 24.3 Å². The Labute approximate surface area is 157 Å². The summed E-state index contributed by atoms with van der Waals surface area (Å²) in [6.45, 7) is 3.91. The quantitative estimate of drug-likeness (QED) is 0.894. The van der Waals surface area contributed by atoms with Crippen LogP contribution in [-0.4, -0.2) is 44.7 Å². The maximum atomic E-state index is 12.4. The first-order valence-electron chi connectivity index (χ1n) is 9.35. The summed E-state index contributed by atoms with van der Waals surface area (Å²) in [6.07, 6.45) is 3.07. The molecule has 0 spiro atoms. The number of hydrogen-bond acceptors (Lipinski definition) is 4. The van der Waals surface area contributed by atoms with Crippen LogP contribution in [0.25, 0.3) is 0 Å². The molecule has 6 nitrogen and oxygen atoms in total. The van der Waals surface area contributed by atoms with E-state index >= 15 is 0 Å². The molecule has 0 radical (unpaired) electrons. The number of carbonyl (C=O) groups is 1. The number of nitrogens with one attached hydrogen (secondary N) is 1. The van der Waals surface area contributed by atoms with Crippen LogP contribution in [0.4, 0.5) is 0 Å². The lowest BCUT2D eigenvalue weighted by molar-refractivity contribution is 0.0932. The smallest absolute Gasteiger partial charge is 0.289 e. The van der Waals surface area contributed by atoms with Crippen LogP contribution < -0.4 is 5.32 Å². The summed E-state index contributed by atoms with van der Waals surface area (Å²) in [4.78, 5) is 14.9. The van der Waals surface area contributed by atoms with Crippen molar-refractivity contribution in [2.75, 3.05) is 13.1 Å². The summed E-state index contributed by atoms with van der Waals surface area (Å²) in [5.74, 6) is 2.53. The van der Waals surface area contributed by atoms with E-state index in [1.54, 1.807) is 0 Å². The van der Waals surface area contributed by atoms with Gasteiger partial charge in [0.2, 0.25) is 5.82 Å². The first-order valence-corrected chi connectivity index (χ1v) is 9.73. The minimum Gasteiger partial charge on any atom is -0.347 e. The molecule has 5 rings (SSSR count). The highest BCUT2D eigenvalue weighted by atomic mass is 35.5. The molecule has 136 valence electrons. The van der Waals surface area contributed by atoms with Crippen molar-refractivity contribution < 1.29 is 4.79 Å². The molecule has 2 atom stereocenters. The third kappa shape index (κ3) is 3.12. The Morgan fingerprint density at radius 1 is 1.12 bits per heavy atom. The lowest BCUT2D eigenvalue weighted by Gasteiger charge is -2.25. The lowest BCUT2D eigenvalue weighted by Crippen LogP contribution is -2.33. The van der Waals surface area contributed by atoms with Crippen LogP contribution in [0.2, 0.25) is 5.02 Å². The fourth-order valence-corrected chi connectivity index (χ4v) is 4.37. The minimum atomic E-state index is -0.0688. The molecule has 2 aliphatic heterocycles. The number of nitrogens with zero attached hydrogens (tertiary/aromatic N) is 4. The molecule has 1 aliphatic carbocycles. The summed E-state index contributed by atoms with van der Waals surface area (Å²) in [7, 11) is 0. The van der Waals surface area contributed by atoms with E-state index in [0.717, 1.165) is 56.3 Å². The van der Waals surface area contributed by atoms with Gasteiger partial charge in [0.05, 0.1) is 0 Å². The highest BCUT2D eigenvalue weighted by molar-refractivity contribution is 6.30. The standard InChI is InChI=1S/C19H22ClN5O/c20-15-3-1-12(2-4-15)8-24-9-13-7-17-22-23-18(19(26)21-16-5-6-16)25(17)11-14(13)10-24/h1-4,13-14,16H,5-11H2,(H,21,26)/t13-,14-/m1/s1. The molecule has 1 saturated carbocycles. The topological polar surface area (TPSA) is 63.1 Å². The molecule has 1 amide bonds. The van der Waals surface area contributed by atoms with Gasteiger partial charge in [-0.2, -0.15) is 0 Å². The molecule has 0 unspecified atom stereocenters. The number of hydrogen-bond donors (Lipinski definition) is 1. The van der Waals surface area contributed by atoms with Gasteiger partial charge in [-0.25, -0.2) is 0 Å². The number of amides is 1. The van der Waals surface area contributed by atoms with E-state index in [4.69, 9.17) is 11.6 Å². The van der Waals surface area contributed by atoms with Crippen LogP contribution in [0.1, 0.15) is 34.8 Å². The SMILES string of the molecule is O=C(NC1CC1)c1nnc2n1C[C@H]1CN(Cc3ccc(Cl)cc3)C[C@H]1C2. The molecular weight excluding hydrogens is 350 g/mol. The van der Waals surface area contributed by atoms with E-state index < -0.39 is 0 Å². The Kier molecular flexibility index (Phi) is 3.98. The highest BCUT2D eigenvalue weighted by Crippen LogP contribution is 2.33. The van der Waals surface area contributed by atoms with Crippen molar-refractivity contribution in [2.45, 2.75) is 38.4 Å². The van der Waals surface area contributed by atoms with Crippen LogP contribution in [0.5, 0.6) is 0 Å². The van der Waals surface area contributed by atoms with Crippen LogP contribution in [0.3, 0.4) is 0 Å². The molecule has 1 saturated heterocycles. The van der Waals surface area contributed by atoms with Gasteiger partial charge in [0.25, 0.3) is 5.91 Å². The van der Waals surface area contributed by atoms with Gasteiger partial charge < -0.3 is 9.88 Å². The van der Waals surface area contributed by atoms with Crippen LogP contribution in [-0.2, 0) is 19.5 Å². The average molecular weight is 372 g/mol. The molecule has 1 aromatic carbocycles. The molecule has 3 heterocycles. The average Bonchev–Trinajstić information content (AvgIpc) is 3.20. The normalized spacial score (nSPS) is 25.0. The number of fused-ring (bicyclic) bond motifs is 2. The Hall–Kier alpha value is -1.92. The monoisotopic (exact) mass is 371 g/mol. The van der Waals surface area contributed by atoms with Gasteiger partial charge in [0.15, 0.2) is 0 Å². The summed E-state index contributed by atoms with van der Waals surface area (Å²) >= 11 is 5.98. The molecule has 3 aliphatic rings. The third-order valence-electron chi connectivity index (χ3n) is 5.78. The van der Waals surface area contributed by atoms with Gasteiger partial charge in [-0.05, 0) is 42.4 Å². The van der Waals surface area contributed by atoms with Crippen molar-refractivity contribution >= 4 is 17.5 Å². The minimum absolute atomic E-state index is 0.0688. The van der Waals surface area contributed by atoms with Gasteiger partial charge in [0, 0.05) is 43.7 Å². The second-order valence-corrected chi connectivity index (χ2v) is 8.28. The maximum Gasteiger partial charge on any atom is 0.289 e. The fraction of sp³-hybridized carbons (Fsp3) is 0.526. The van der Waals surface area contributed by atoms with Gasteiger partial charge in [-0.1, -0.05) is 23.7 Å². The first kappa shape index (κ1) is 16.3. The zero-order chi connectivity index (χ0) is 17.7. The maximum absolute atomic E-state index is 12.4. The van der Waals surface area contributed by atoms with Crippen molar-refractivity contribution in [2.24, 2.45) is 11.8 Å².